The molecule has 0 amide bonds. The third-order valence-corrected chi connectivity index (χ3v) is 5.61. The van der Waals surface area contributed by atoms with Gasteiger partial charge in [-0.1, -0.05) is 41.6 Å². The molecule has 0 unspecified atom stereocenters. The lowest BCUT2D eigenvalue weighted by Gasteiger charge is -2.14. The quantitative estimate of drug-likeness (QED) is 0.404. The predicted octanol–water partition coefficient (Wildman–Crippen LogP) is 4.50. The molecule has 0 saturated heterocycles. The summed E-state index contributed by atoms with van der Waals surface area (Å²) < 4.78 is 15.0. The Hall–Kier alpha value is -2.64. The number of benzene rings is 2. The van der Waals surface area contributed by atoms with Gasteiger partial charge in [0.1, 0.15) is 11.2 Å². The first-order chi connectivity index (χ1) is 13.0. The van der Waals surface area contributed by atoms with Crippen molar-refractivity contribution in [1.82, 2.24) is 19.7 Å². The summed E-state index contributed by atoms with van der Waals surface area (Å²) in [4.78, 5) is 17.6. The van der Waals surface area contributed by atoms with Crippen LogP contribution in [-0.2, 0) is 5.75 Å². The van der Waals surface area contributed by atoms with Crippen molar-refractivity contribution in [2.45, 2.75) is 17.8 Å². The highest BCUT2D eigenvalue weighted by Crippen LogP contribution is 2.28. The molecule has 1 N–H and O–H groups in total. The number of fused-ring (bicyclic) bond motifs is 1. The molecule has 0 radical (unpaired) electrons. The topological polar surface area (TPSA) is 63.6 Å². The monoisotopic (exact) mass is 400 g/mol. The highest BCUT2D eigenvalue weighted by molar-refractivity contribution is 7.98. The van der Waals surface area contributed by atoms with Crippen LogP contribution < -0.4 is 5.56 Å². The van der Waals surface area contributed by atoms with Crippen molar-refractivity contribution in [2.75, 3.05) is 0 Å². The molecule has 0 fully saturated rings. The van der Waals surface area contributed by atoms with Crippen LogP contribution in [0, 0.1) is 12.7 Å². The Labute approximate surface area is 163 Å². The number of nitrogens with zero attached hydrogens (tertiary/aromatic N) is 3. The summed E-state index contributed by atoms with van der Waals surface area (Å²) >= 11 is 7.60. The van der Waals surface area contributed by atoms with Crippen LogP contribution in [-0.4, -0.2) is 19.7 Å². The first-order valence-corrected chi connectivity index (χ1v) is 9.50. The van der Waals surface area contributed by atoms with Crippen molar-refractivity contribution in [2.24, 2.45) is 0 Å². The molecule has 4 aromatic rings. The normalized spacial score (nSPS) is 11.2. The van der Waals surface area contributed by atoms with Crippen molar-refractivity contribution in [1.29, 1.82) is 0 Å². The van der Waals surface area contributed by atoms with Crippen LogP contribution in [0.25, 0.3) is 16.7 Å². The molecule has 0 aliphatic rings. The number of aromatic amines is 1. The second kappa shape index (κ2) is 7.17. The van der Waals surface area contributed by atoms with Crippen LogP contribution in [0.4, 0.5) is 4.39 Å². The smallest absolute Gasteiger partial charge is 0.268 e. The number of hydrogen-bond donors (Lipinski definition) is 1. The number of hydrogen-bond acceptors (Lipinski definition) is 4. The zero-order valence-corrected chi connectivity index (χ0v) is 15.8. The summed E-state index contributed by atoms with van der Waals surface area (Å²) in [5.74, 6) is 0.164. The number of halogens is 2. The largest absolute Gasteiger partial charge is 0.269 e. The van der Waals surface area contributed by atoms with Crippen molar-refractivity contribution in [3.63, 3.8) is 0 Å². The van der Waals surface area contributed by atoms with E-state index in [4.69, 9.17) is 11.6 Å². The van der Waals surface area contributed by atoms with Crippen LogP contribution in [0.2, 0.25) is 5.02 Å². The maximum Gasteiger partial charge on any atom is 0.269 e. The van der Waals surface area contributed by atoms with Gasteiger partial charge in [-0.2, -0.15) is 5.10 Å². The fraction of sp³-hybridized carbons (Fsp3) is 0.105. The second-order valence-corrected chi connectivity index (χ2v) is 7.32. The molecular weight excluding hydrogens is 387 g/mol. The van der Waals surface area contributed by atoms with Crippen LogP contribution in [0.15, 0.2) is 58.6 Å². The third-order valence-electron chi connectivity index (χ3n) is 4.19. The molecular formula is C19H14ClFN4OS. The average molecular weight is 401 g/mol. The van der Waals surface area contributed by atoms with E-state index in [0.717, 1.165) is 11.1 Å². The number of rotatable bonds is 4. The number of thioether (sulfide) groups is 1. The van der Waals surface area contributed by atoms with Crippen LogP contribution >= 0.6 is 23.4 Å². The van der Waals surface area contributed by atoms with Gasteiger partial charge >= 0.3 is 0 Å². The van der Waals surface area contributed by atoms with Gasteiger partial charge in [0.25, 0.3) is 5.56 Å². The third kappa shape index (κ3) is 3.36. The molecule has 27 heavy (non-hydrogen) atoms. The summed E-state index contributed by atoms with van der Waals surface area (Å²) in [6.07, 6.45) is 1.46. The van der Waals surface area contributed by atoms with Gasteiger partial charge in [-0.3, -0.25) is 14.5 Å². The van der Waals surface area contributed by atoms with E-state index in [9.17, 15) is 9.18 Å². The van der Waals surface area contributed by atoms with Crippen LogP contribution in [0.5, 0.6) is 0 Å². The Balaban J connectivity index is 1.86. The van der Waals surface area contributed by atoms with Gasteiger partial charge < -0.3 is 0 Å². The van der Waals surface area contributed by atoms with Crippen molar-refractivity contribution < 1.29 is 4.39 Å². The van der Waals surface area contributed by atoms with Crippen molar-refractivity contribution in [3.05, 3.63) is 81.0 Å². The van der Waals surface area contributed by atoms with Gasteiger partial charge in [-0.15, -0.1) is 0 Å². The van der Waals surface area contributed by atoms with Gasteiger partial charge in [0.15, 0.2) is 10.8 Å². The molecule has 2 heterocycles. The fourth-order valence-corrected chi connectivity index (χ4v) is 3.91. The predicted molar refractivity (Wildman–Crippen MR) is 105 cm³/mol. The second-order valence-electron chi connectivity index (χ2n) is 5.97. The lowest BCUT2D eigenvalue weighted by molar-refractivity contribution is 0.626. The Morgan fingerprint density at radius 2 is 2.07 bits per heavy atom. The van der Waals surface area contributed by atoms with E-state index in [1.807, 2.05) is 19.1 Å². The molecule has 2 aromatic heterocycles. The van der Waals surface area contributed by atoms with E-state index in [0.29, 0.717) is 32.7 Å². The van der Waals surface area contributed by atoms with Crippen LogP contribution in [0.1, 0.15) is 11.1 Å². The summed E-state index contributed by atoms with van der Waals surface area (Å²) in [6.45, 7) is 1.85. The van der Waals surface area contributed by atoms with Crippen molar-refractivity contribution in [3.8, 4) is 5.69 Å². The van der Waals surface area contributed by atoms with Crippen LogP contribution in [0.3, 0.4) is 0 Å². The lowest BCUT2D eigenvalue weighted by atomic mass is 10.2. The van der Waals surface area contributed by atoms with Gasteiger partial charge in [0.2, 0.25) is 0 Å². The minimum absolute atomic E-state index is 0.235. The Kier molecular flexibility index (Phi) is 4.72. The first kappa shape index (κ1) is 17.8. The molecule has 2 aromatic carbocycles. The van der Waals surface area contributed by atoms with Crippen molar-refractivity contribution >= 4 is 34.4 Å². The average Bonchev–Trinajstić information content (AvgIpc) is 3.12. The Morgan fingerprint density at radius 3 is 2.89 bits per heavy atom. The number of nitrogens with one attached hydrogen (secondary N) is 1. The number of H-pyrrole nitrogens is 1. The molecule has 0 atom stereocenters. The Morgan fingerprint density at radius 1 is 1.26 bits per heavy atom. The van der Waals surface area contributed by atoms with E-state index in [1.54, 1.807) is 18.2 Å². The SMILES string of the molecule is Cc1c(Cl)cccc1-n1c(SCc2cccc(F)c2)nc2[nH]ncc2c1=O. The van der Waals surface area contributed by atoms with E-state index in [1.165, 1.54) is 34.7 Å². The van der Waals surface area contributed by atoms with Gasteiger partial charge in [-0.25, -0.2) is 9.37 Å². The highest BCUT2D eigenvalue weighted by Gasteiger charge is 2.17. The van der Waals surface area contributed by atoms with Gasteiger partial charge in [0.05, 0.1) is 11.9 Å². The fourth-order valence-electron chi connectivity index (χ4n) is 2.80. The van der Waals surface area contributed by atoms with Gasteiger partial charge in [0, 0.05) is 10.8 Å². The first-order valence-electron chi connectivity index (χ1n) is 8.13. The molecule has 4 rings (SSSR count). The lowest BCUT2D eigenvalue weighted by Crippen LogP contribution is -2.22. The summed E-state index contributed by atoms with van der Waals surface area (Å²) in [7, 11) is 0. The molecule has 0 spiro atoms. The minimum Gasteiger partial charge on any atom is -0.268 e. The summed E-state index contributed by atoms with van der Waals surface area (Å²) in [5.41, 5.74) is 2.41. The van der Waals surface area contributed by atoms with E-state index in [-0.39, 0.29) is 11.4 Å². The number of aromatic nitrogens is 4. The molecule has 8 heteroatoms. The zero-order chi connectivity index (χ0) is 19.0. The van der Waals surface area contributed by atoms with Gasteiger partial charge in [-0.05, 0) is 42.3 Å². The molecule has 0 aliphatic carbocycles. The molecule has 5 nitrogen and oxygen atoms in total. The maximum atomic E-state index is 13.5. The summed E-state index contributed by atoms with van der Waals surface area (Å²) in [6, 6.07) is 11.7. The maximum absolute atomic E-state index is 13.5. The highest BCUT2D eigenvalue weighted by atomic mass is 35.5. The standard InChI is InChI=1S/C19H14ClFN4OS/c1-11-15(20)6-3-7-16(11)25-18(26)14-9-22-24-17(14)23-19(25)27-10-12-4-2-5-13(21)8-12/h2-9H,10H2,1H3,(H,22,24). The Bertz CT molecular complexity index is 1200. The van der Waals surface area contributed by atoms with E-state index < -0.39 is 0 Å². The van der Waals surface area contributed by atoms with E-state index >= 15 is 0 Å². The zero-order valence-electron chi connectivity index (χ0n) is 14.2. The molecule has 0 bridgehead atoms. The summed E-state index contributed by atoms with van der Waals surface area (Å²) in [5, 5.41) is 8.09. The minimum atomic E-state index is -0.298. The molecule has 0 saturated carbocycles. The molecule has 136 valence electrons. The van der Waals surface area contributed by atoms with E-state index in [2.05, 4.69) is 15.2 Å². The molecule has 0 aliphatic heterocycles.